The van der Waals surface area contributed by atoms with Gasteiger partial charge in [0.15, 0.2) is 0 Å². The van der Waals surface area contributed by atoms with Crippen LogP contribution in [0.25, 0.3) is 0 Å². The van der Waals surface area contributed by atoms with Crippen molar-refractivity contribution in [1.82, 2.24) is 0 Å². The smallest absolute Gasteiger partial charge is 0.306 e. The van der Waals surface area contributed by atoms with Gasteiger partial charge in [-0.15, -0.1) is 0 Å². The number of aryl methyl sites for hydroxylation is 1. The third-order valence-electron chi connectivity index (χ3n) is 2.84. The molecule has 0 heterocycles. The van der Waals surface area contributed by atoms with Gasteiger partial charge in [-0.05, 0) is 36.5 Å². The molecule has 0 unspecified atom stereocenters. The minimum absolute atomic E-state index is 0.110. The van der Waals surface area contributed by atoms with Gasteiger partial charge in [-0.1, -0.05) is 19.1 Å². The number of hydrogen-bond donors (Lipinski definition) is 1. The lowest BCUT2D eigenvalue weighted by molar-refractivity contribution is -0.141. The first-order valence-corrected chi connectivity index (χ1v) is 5.44. The summed E-state index contributed by atoms with van der Waals surface area (Å²) in [6, 6.07) is 5.54. The molecular formula is C13H18O3. The van der Waals surface area contributed by atoms with E-state index in [1.54, 1.807) is 6.07 Å². The van der Waals surface area contributed by atoms with Crippen molar-refractivity contribution in [3.05, 3.63) is 29.3 Å². The summed E-state index contributed by atoms with van der Waals surface area (Å²) in [5, 5.41) is 9.62. The number of carbonyl (C=O) groups excluding carboxylic acids is 1. The van der Waals surface area contributed by atoms with E-state index in [4.69, 9.17) is 0 Å². The largest absolute Gasteiger partial charge is 0.508 e. The number of phenolic OH excluding ortho intramolecular Hbond substituents is 1. The van der Waals surface area contributed by atoms with Crippen LogP contribution in [-0.4, -0.2) is 18.2 Å². The molecule has 1 aromatic carbocycles. The number of methoxy groups -OCH3 is 1. The normalized spacial score (nSPS) is 12.2. The molecule has 0 saturated heterocycles. The topological polar surface area (TPSA) is 46.5 Å². The van der Waals surface area contributed by atoms with E-state index in [1.807, 2.05) is 26.0 Å². The van der Waals surface area contributed by atoms with Crippen molar-refractivity contribution < 1.29 is 14.6 Å². The molecule has 88 valence electrons. The van der Waals surface area contributed by atoms with Gasteiger partial charge >= 0.3 is 5.97 Å². The molecule has 0 radical (unpaired) electrons. The first-order valence-electron chi connectivity index (χ1n) is 5.44. The van der Waals surface area contributed by atoms with E-state index in [0.717, 1.165) is 17.5 Å². The van der Waals surface area contributed by atoms with Crippen molar-refractivity contribution in [2.24, 2.45) is 0 Å². The van der Waals surface area contributed by atoms with E-state index in [2.05, 4.69) is 4.74 Å². The van der Waals surface area contributed by atoms with Crippen molar-refractivity contribution in [1.29, 1.82) is 0 Å². The minimum Gasteiger partial charge on any atom is -0.508 e. The highest BCUT2D eigenvalue weighted by molar-refractivity contribution is 5.70. The van der Waals surface area contributed by atoms with E-state index >= 15 is 0 Å². The lowest BCUT2D eigenvalue weighted by Gasteiger charge is -2.14. The minimum atomic E-state index is -0.216. The molecule has 0 bridgehead atoms. The van der Waals surface area contributed by atoms with E-state index in [0.29, 0.717) is 6.42 Å². The van der Waals surface area contributed by atoms with Gasteiger partial charge in [-0.2, -0.15) is 0 Å². The number of phenols is 1. The lowest BCUT2D eigenvalue weighted by Crippen LogP contribution is -2.08. The average Bonchev–Trinajstić information content (AvgIpc) is 2.29. The molecule has 1 N–H and O–H groups in total. The summed E-state index contributed by atoms with van der Waals surface area (Å²) in [6.45, 7) is 3.87. The molecule has 0 amide bonds. The highest BCUT2D eigenvalue weighted by Gasteiger charge is 2.15. The van der Waals surface area contributed by atoms with E-state index < -0.39 is 0 Å². The van der Waals surface area contributed by atoms with Gasteiger partial charge in [-0.25, -0.2) is 0 Å². The summed E-state index contributed by atoms with van der Waals surface area (Å²) in [5.41, 5.74) is 1.83. The standard InChI is InChI=1S/C13H18O3/c1-4-10(8-13(15)16-3)11-6-5-9(2)12(14)7-11/h5-7,10,14H,4,8H2,1-3H3/t10-/m1/s1. The number of carbonyl (C=O) groups is 1. The summed E-state index contributed by atoms with van der Waals surface area (Å²) in [5.74, 6) is 0.173. The Hall–Kier alpha value is -1.51. The lowest BCUT2D eigenvalue weighted by atomic mass is 9.92. The maximum atomic E-state index is 11.2. The van der Waals surface area contributed by atoms with Gasteiger partial charge in [0.05, 0.1) is 13.5 Å². The van der Waals surface area contributed by atoms with Crippen molar-refractivity contribution in [3.63, 3.8) is 0 Å². The molecule has 1 rings (SSSR count). The monoisotopic (exact) mass is 222 g/mol. The Labute approximate surface area is 96.1 Å². The highest BCUT2D eigenvalue weighted by atomic mass is 16.5. The van der Waals surface area contributed by atoms with Crippen LogP contribution in [0.2, 0.25) is 0 Å². The van der Waals surface area contributed by atoms with Crippen molar-refractivity contribution in [3.8, 4) is 5.75 Å². The molecule has 0 aromatic heterocycles. The van der Waals surface area contributed by atoms with Crippen molar-refractivity contribution in [2.45, 2.75) is 32.6 Å². The Balaban J connectivity index is 2.86. The fourth-order valence-electron chi connectivity index (χ4n) is 1.66. The Bertz CT molecular complexity index is 371. The quantitative estimate of drug-likeness (QED) is 0.797. The number of esters is 1. The predicted molar refractivity (Wildman–Crippen MR) is 62.5 cm³/mol. The summed E-state index contributed by atoms with van der Waals surface area (Å²) >= 11 is 0. The maximum absolute atomic E-state index is 11.2. The van der Waals surface area contributed by atoms with Gasteiger partial charge in [0.2, 0.25) is 0 Å². The zero-order chi connectivity index (χ0) is 12.1. The van der Waals surface area contributed by atoms with Gasteiger partial charge in [-0.3, -0.25) is 4.79 Å². The molecule has 16 heavy (non-hydrogen) atoms. The zero-order valence-electron chi connectivity index (χ0n) is 9.99. The Morgan fingerprint density at radius 3 is 2.69 bits per heavy atom. The van der Waals surface area contributed by atoms with E-state index in [-0.39, 0.29) is 17.6 Å². The van der Waals surface area contributed by atoms with Gasteiger partial charge in [0, 0.05) is 0 Å². The Morgan fingerprint density at radius 2 is 2.19 bits per heavy atom. The Morgan fingerprint density at radius 1 is 1.50 bits per heavy atom. The van der Waals surface area contributed by atoms with Crippen LogP contribution in [0.15, 0.2) is 18.2 Å². The molecule has 0 saturated carbocycles. The van der Waals surface area contributed by atoms with Gasteiger partial charge in [0.25, 0.3) is 0 Å². The molecule has 0 aliphatic carbocycles. The van der Waals surface area contributed by atoms with Crippen LogP contribution in [0, 0.1) is 6.92 Å². The first kappa shape index (κ1) is 12.6. The first-order chi connectivity index (χ1) is 7.58. The van der Waals surface area contributed by atoms with Gasteiger partial charge in [0.1, 0.15) is 5.75 Å². The van der Waals surface area contributed by atoms with E-state index in [1.165, 1.54) is 7.11 Å². The number of ether oxygens (including phenoxy) is 1. The molecule has 3 nitrogen and oxygen atoms in total. The molecule has 1 aromatic rings. The average molecular weight is 222 g/mol. The van der Waals surface area contributed by atoms with E-state index in [9.17, 15) is 9.90 Å². The van der Waals surface area contributed by atoms with Crippen LogP contribution < -0.4 is 0 Å². The van der Waals surface area contributed by atoms with Gasteiger partial charge < -0.3 is 9.84 Å². The van der Waals surface area contributed by atoms with Crippen LogP contribution >= 0.6 is 0 Å². The van der Waals surface area contributed by atoms with Crippen LogP contribution in [0.3, 0.4) is 0 Å². The summed E-state index contributed by atoms with van der Waals surface area (Å²) in [6.07, 6.45) is 1.20. The van der Waals surface area contributed by atoms with Crippen molar-refractivity contribution >= 4 is 5.97 Å². The van der Waals surface area contributed by atoms with Crippen LogP contribution in [0.5, 0.6) is 5.75 Å². The maximum Gasteiger partial charge on any atom is 0.306 e. The fraction of sp³-hybridized carbons (Fsp3) is 0.462. The third-order valence-corrected chi connectivity index (χ3v) is 2.84. The second-order valence-corrected chi connectivity index (χ2v) is 3.93. The Kier molecular flexibility index (Phi) is 4.35. The van der Waals surface area contributed by atoms with Crippen LogP contribution in [0.1, 0.15) is 36.8 Å². The molecule has 0 spiro atoms. The second-order valence-electron chi connectivity index (χ2n) is 3.93. The highest BCUT2D eigenvalue weighted by Crippen LogP contribution is 2.28. The number of hydrogen-bond acceptors (Lipinski definition) is 3. The number of aromatic hydroxyl groups is 1. The summed E-state index contributed by atoms with van der Waals surface area (Å²) < 4.78 is 4.66. The predicted octanol–water partition coefficient (Wildman–Crippen LogP) is 2.76. The third kappa shape index (κ3) is 2.99. The molecular weight excluding hydrogens is 204 g/mol. The molecule has 0 fully saturated rings. The number of benzene rings is 1. The van der Waals surface area contributed by atoms with Crippen molar-refractivity contribution in [2.75, 3.05) is 7.11 Å². The summed E-state index contributed by atoms with van der Waals surface area (Å²) in [4.78, 5) is 11.2. The molecule has 0 aliphatic rings. The second kappa shape index (κ2) is 5.54. The van der Waals surface area contributed by atoms with Crippen LogP contribution in [0.4, 0.5) is 0 Å². The molecule has 1 atom stereocenters. The fourth-order valence-corrected chi connectivity index (χ4v) is 1.66. The van der Waals surface area contributed by atoms with Crippen LogP contribution in [-0.2, 0) is 9.53 Å². The molecule has 0 aliphatic heterocycles. The molecule has 3 heteroatoms. The zero-order valence-corrected chi connectivity index (χ0v) is 9.99. The SMILES string of the molecule is CC[C@H](CC(=O)OC)c1ccc(C)c(O)c1. The summed E-state index contributed by atoms with van der Waals surface area (Å²) in [7, 11) is 1.39. The number of rotatable bonds is 4.